The Morgan fingerprint density at radius 3 is 3.00 bits per heavy atom. The number of carbonyl (C=O) groups is 1. The van der Waals surface area contributed by atoms with Crippen LogP contribution in [0.3, 0.4) is 0 Å². The average molecular weight is 306 g/mol. The van der Waals surface area contributed by atoms with Crippen molar-refractivity contribution in [1.82, 2.24) is 20.0 Å². The summed E-state index contributed by atoms with van der Waals surface area (Å²) in [7, 11) is 0. The predicted molar refractivity (Wildman–Crippen MR) is 75.9 cm³/mol. The fourth-order valence-electron chi connectivity index (χ4n) is 1.72. The highest BCUT2D eigenvalue weighted by Gasteiger charge is 2.09. The van der Waals surface area contributed by atoms with Crippen LogP contribution >= 0.6 is 22.7 Å². The van der Waals surface area contributed by atoms with Gasteiger partial charge in [-0.3, -0.25) is 4.79 Å². The first-order valence-electron chi connectivity index (χ1n) is 5.78. The topological polar surface area (TPSA) is 80.9 Å². The molecule has 3 heterocycles. The van der Waals surface area contributed by atoms with Crippen molar-refractivity contribution in [2.45, 2.75) is 13.0 Å². The van der Waals surface area contributed by atoms with Gasteiger partial charge in [-0.2, -0.15) is 11.3 Å². The first-order chi connectivity index (χ1) is 9.70. The summed E-state index contributed by atoms with van der Waals surface area (Å²) in [5.41, 5.74) is 2.46. The number of hydrogen-bond donors (Lipinski definition) is 1. The van der Waals surface area contributed by atoms with Crippen molar-refractivity contribution in [3.63, 3.8) is 0 Å². The Morgan fingerprint density at radius 1 is 1.35 bits per heavy atom. The second-order valence-electron chi connectivity index (χ2n) is 4.13. The Hall–Kier alpha value is -2.06. The monoisotopic (exact) mass is 306 g/mol. The Kier molecular flexibility index (Phi) is 3.57. The Bertz CT molecular complexity index is 717. The molecule has 0 aliphatic heterocycles. The molecule has 1 N–H and O–H groups in total. The van der Waals surface area contributed by atoms with Gasteiger partial charge in [-0.1, -0.05) is 5.21 Å². The van der Waals surface area contributed by atoms with Crippen LogP contribution in [0.2, 0.25) is 0 Å². The zero-order chi connectivity index (χ0) is 13.9. The molecular weight excluding hydrogens is 296 g/mol. The van der Waals surface area contributed by atoms with E-state index in [0.717, 1.165) is 16.3 Å². The lowest BCUT2D eigenvalue weighted by Gasteiger charge is -1.95. The number of nitrogens with zero attached hydrogens (tertiary/aromatic N) is 4. The molecule has 0 atom stereocenters. The van der Waals surface area contributed by atoms with Crippen molar-refractivity contribution in [3.8, 4) is 10.6 Å². The van der Waals surface area contributed by atoms with Gasteiger partial charge in [0.05, 0.1) is 24.4 Å². The second kappa shape index (κ2) is 5.51. The number of carboxylic acids is 1. The summed E-state index contributed by atoms with van der Waals surface area (Å²) in [6.45, 7) is 0.493. The minimum absolute atomic E-state index is 0.114. The Labute approximate surface area is 122 Å². The summed E-state index contributed by atoms with van der Waals surface area (Å²) < 4.78 is 1.60. The van der Waals surface area contributed by atoms with E-state index >= 15 is 0 Å². The van der Waals surface area contributed by atoms with Gasteiger partial charge in [0.2, 0.25) is 0 Å². The van der Waals surface area contributed by atoms with Crippen molar-refractivity contribution in [2.75, 3.05) is 0 Å². The molecule has 3 aromatic rings. The van der Waals surface area contributed by atoms with Crippen molar-refractivity contribution < 1.29 is 9.90 Å². The Balaban J connectivity index is 1.72. The molecule has 20 heavy (non-hydrogen) atoms. The zero-order valence-corrected chi connectivity index (χ0v) is 11.9. The molecule has 102 valence electrons. The van der Waals surface area contributed by atoms with E-state index in [1.165, 1.54) is 0 Å². The molecule has 0 amide bonds. The lowest BCUT2D eigenvalue weighted by atomic mass is 10.3. The van der Waals surface area contributed by atoms with E-state index < -0.39 is 5.97 Å². The molecule has 0 aliphatic carbocycles. The number of aromatic nitrogens is 4. The maximum atomic E-state index is 10.6. The van der Waals surface area contributed by atoms with Crippen LogP contribution in [0.1, 0.15) is 11.4 Å². The summed E-state index contributed by atoms with van der Waals surface area (Å²) in [6.07, 6.45) is 1.52. The fourth-order valence-corrected chi connectivity index (χ4v) is 3.24. The van der Waals surface area contributed by atoms with E-state index in [9.17, 15) is 4.79 Å². The van der Waals surface area contributed by atoms with Crippen molar-refractivity contribution in [3.05, 3.63) is 39.8 Å². The molecule has 0 unspecified atom stereocenters. The number of carboxylic acid groups (broad SMARTS) is 1. The number of aliphatic carboxylic acids is 1. The highest BCUT2D eigenvalue weighted by Crippen LogP contribution is 2.25. The minimum atomic E-state index is -0.912. The predicted octanol–water partition coefficient (Wildman–Crippen LogP) is 2.14. The Morgan fingerprint density at radius 2 is 2.25 bits per heavy atom. The molecule has 0 fully saturated rings. The molecule has 0 saturated heterocycles. The molecule has 6 nitrogen and oxygen atoms in total. The van der Waals surface area contributed by atoms with Crippen molar-refractivity contribution >= 4 is 28.6 Å². The molecule has 0 aliphatic rings. The second-order valence-corrected chi connectivity index (χ2v) is 5.77. The molecule has 3 rings (SSSR count). The number of rotatable bonds is 5. The normalized spacial score (nSPS) is 10.8. The van der Waals surface area contributed by atoms with Crippen LogP contribution in [0, 0.1) is 0 Å². The quantitative estimate of drug-likeness (QED) is 0.781. The van der Waals surface area contributed by atoms with Gasteiger partial charge in [-0.25, -0.2) is 9.67 Å². The molecule has 3 aromatic heterocycles. The van der Waals surface area contributed by atoms with Crippen LogP contribution in [-0.2, 0) is 17.8 Å². The summed E-state index contributed by atoms with van der Waals surface area (Å²) >= 11 is 3.22. The van der Waals surface area contributed by atoms with Crippen LogP contribution in [0.15, 0.2) is 28.4 Å². The first kappa shape index (κ1) is 12.9. The smallest absolute Gasteiger partial charge is 0.309 e. The van der Waals surface area contributed by atoms with Gasteiger partial charge in [0.1, 0.15) is 5.01 Å². The standard InChI is InChI=1S/C12H10N4O2S2/c17-11(18)3-9-4-16(15-14-9)5-10-7-20-12(13-10)8-1-2-19-6-8/h1-2,4,6-7H,3,5H2,(H,17,18). The van der Waals surface area contributed by atoms with Crippen LogP contribution in [0.25, 0.3) is 10.6 Å². The first-order valence-corrected chi connectivity index (χ1v) is 7.61. The van der Waals surface area contributed by atoms with Gasteiger partial charge in [0, 0.05) is 22.5 Å². The largest absolute Gasteiger partial charge is 0.481 e. The van der Waals surface area contributed by atoms with Crippen LogP contribution in [0.4, 0.5) is 0 Å². The average Bonchev–Trinajstić information content (AvgIpc) is 3.09. The van der Waals surface area contributed by atoms with E-state index in [1.54, 1.807) is 33.6 Å². The van der Waals surface area contributed by atoms with Gasteiger partial charge < -0.3 is 5.11 Å². The van der Waals surface area contributed by atoms with Gasteiger partial charge in [0.15, 0.2) is 0 Å². The van der Waals surface area contributed by atoms with E-state index in [4.69, 9.17) is 5.11 Å². The molecule has 8 heteroatoms. The zero-order valence-electron chi connectivity index (χ0n) is 10.3. The van der Waals surface area contributed by atoms with E-state index in [2.05, 4.69) is 20.7 Å². The van der Waals surface area contributed by atoms with Gasteiger partial charge >= 0.3 is 5.97 Å². The van der Waals surface area contributed by atoms with Crippen LogP contribution in [0.5, 0.6) is 0 Å². The number of hydrogen-bond acceptors (Lipinski definition) is 6. The lowest BCUT2D eigenvalue weighted by molar-refractivity contribution is -0.136. The van der Waals surface area contributed by atoms with E-state index in [0.29, 0.717) is 12.2 Å². The van der Waals surface area contributed by atoms with E-state index in [1.807, 2.05) is 16.8 Å². The van der Waals surface area contributed by atoms with Crippen LogP contribution < -0.4 is 0 Å². The lowest BCUT2D eigenvalue weighted by Crippen LogP contribution is -2.01. The highest BCUT2D eigenvalue weighted by molar-refractivity contribution is 7.14. The number of thiazole rings is 1. The summed E-state index contributed by atoms with van der Waals surface area (Å²) in [5, 5.41) is 23.4. The third kappa shape index (κ3) is 2.91. The maximum Gasteiger partial charge on any atom is 0.309 e. The molecule has 0 aromatic carbocycles. The molecule has 0 bridgehead atoms. The van der Waals surface area contributed by atoms with Gasteiger partial charge in [-0.15, -0.1) is 16.4 Å². The van der Waals surface area contributed by atoms with Gasteiger partial charge in [-0.05, 0) is 11.4 Å². The fraction of sp³-hybridized carbons (Fsp3) is 0.167. The van der Waals surface area contributed by atoms with Crippen LogP contribution in [-0.4, -0.2) is 31.1 Å². The van der Waals surface area contributed by atoms with Crippen molar-refractivity contribution in [2.24, 2.45) is 0 Å². The highest BCUT2D eigenvalue weighted by atomic mass is 32.1. The SMILES string of the molecule is O=C(O)Cc1cn(Cc2csc(-c3ccsc3)n2)nn1. The molecule has 0 radical (unpaired) electrons. The van der Waals surface area contributed by atoms with Crippen molar-refractivity contribution in [1.29, 1.82) is 0 Å². The summed E-state index contributed by atoms with van der Waals surface area (Å²) in [4.78, 5) is 15.1. The maximum absolute atomic E-state index is 10.6. The molecule has 0 saturated carbocycles. The molecule has 0 spiro atoms. The minimum Gasteiger partial charge on any atom is -0.481 e. The summed E-state index contributed by atoms with van der Waals surface area (Å²) in [5.74, 6) is -0.912. The van der Waals surface area contributed by atoms with E-state index in [-0.39, 0.29) is 6.42 Å². The third-order valence-corrected chi connectivity index (χ3v) is 4.19. The number of thiophene rings is 1. The van der Waals surface area contributed by atoms with Gasteiger partial charge in [0.25, 0.3) is 0 Å². The molecular formula is C12H10N4O2S2. The third-order valence-electron chi connectivity index (χ3n) is 2.56. The summed E-state index contributed by atoms with van der Waals surface area (Å²) in [6, 6.07) is 2.04.